The van der Waals surface area contributed by atoms with Gasteiger partial charge in [0.25, 0.3) is 5.91 Å². The van der Waals surface area contributed by atoms with Crippen molar-refractivity contribution in [2.75, 3.05) is 12.3 Å². The van der Waals surface area contributed by atoms with Gasteiger partial charge < -0.3 is 15.4 Å². The number of amides is 1. The molecule has 25 heavy (non-hydrogen) atoms. The van der Waals surface area contributed by atoms with Crippen LogP contribution >= 0.6 is 0 Å². The van der Waals surface area contributed by atoms with E-state index in [9.17, 15) is 14.0 Å². The number of piperidine rings is 1. The van der Waals surface area contributed by atoms with Gasteiger partial charge in [0, 0.05) is 18.2 Å². The summed E-state index contributed by atoms with van der Waals surface area (Å²) in [4.78, 5) is 26.3. The lowest BCUT2D eigenvalue weighted by atomic mass is 9.85. The Hall–Kier alpha value is -2.69. The van der Waals surface area contributed by atoms with E-state index in [0.717, 1.165) is 11.8 Å². The average Bonchev–Trinajstić information content (AvgIpc) is 2.61. The fourth-order valence-electron chi connectivity index (χ4n) is 3.56. The zero-order valence-corrected chi connectivity index (χ0v) is 14.1. The minimum absolute atomic E-state index is 0.0782. The molecule has 5 heteroatoms. The minimum atomic E-state index is -0.533. The van der Waals surface area contributed by atoms with Gasteiger partial charge in [-0.15, -0.1) is 0 Å². The van der Waals surface area contributed by atoms with Crippen LogP contribution in [0.2, 0.25) is 0 Å². The summed E-state index contributed by atoms with van der Waals surface area (Å²) in [6.07, 6.45) is 2.32. The summed E-state index contributed by atoms with van der Waals surface area (Å²) < 4.78 is 14.3. The first kappa shape index (κ1) is 17.1. The van der Waals surface area contributed by atoms with Crippen LogP contribution in [-0.2, 0) is 4.79 Å². The van der Waals surface area contributed by atoms with E-state index >= 15 is 0 Å². The maximum atomic E-state index is 14.3. The second-order valence-corrected chi connectivity index (χ2v) is 6.48. The molecule has 4 nitrogen and oxygen atoms in total. The Morgan fingerprint density at radius 3 is 2.60 bits per heavy atom. The molecular formula is C20H21FN2O2. The number of nitrogens with two attached hydrogens (primary N) is 1. The Kier molecular flexibility index (Phi) is 4.83. The Morgan fingerprint density at radius 1 is 1.24 bits per heavy atom. The lowest BCUT2D eigenvalue weighted by molar-refractivity contribution is -0.114. The van der Waals surface area contributed by atoms with Gasteiger partial charge in [-0.05, 0) is 49.1 Å². The van der Waals surface area contributed by atoms with E-state index in [-0.39, 0.29) is 17.4 Å². The van der Waals surface area contributed by atoms with Gasteiger partial charge in [-0.1, -0.05) is 24.3 Å². The molecule has 1 saturated heterocycles. The molecule has 0 bridgehead atoms. The first-order chi connectivity index (χ1) is 12.0. The van der Waals surface area contributed by atoms with Crippen molar-refractivity contribution in [3.05, 3.63) is 65.0 Å². The van der Waals surface area contributed by atoms with Crippen molar-refractivity contribution in [2.24, 2.45) is 5.92 Å². The summed E-state index contributed by atoms with van der Waals surface area (Å²) in [5.41, 5.74) is 7.88. The van der Waals surface area contributed by atoms with Gasteiger partial charge in [0.2, 0.25) is 0 Å². The monoisotopic (exact) mass is 340 g/mol. The highest BCUT2D eigenvalue weighted by Crippen LogP contribution is 2.36. The number of nitrogen functional groups attached to an aromatic ring is 1. The summed E-state index contributed by atoms with van der Waals surface area (Å²) in [5.74, 6) is -1.22. The van der Waals surface area contributed by atoms with Crippen LogP contribution in [0.5, 0.6) is 0 Å². The van der Waals surface area contributed by atoms with Crippen molar-refractivity contribution < 1.29 is 14.0 Å². The summed E-state index contributed by atoms with van der Waals surface area (Å²) >= 11 is 0. The van der Waals surface area contributed by atoms with Gasteiger partial charge in [0.15, 0.2) is 0 Å². The third-order valence-electron chi connectivity index (χ3n) is 4.83. The number of nitrogens with zero attached hydrogens (tertiary/aromatic N) is 1. The lowest BCUT2D eigenvalue weighted by Crippen LogP contribution is -2.43. The molecule has 1 fully saturated rings. The standard InChI is InChI=1S/C20H21FN2O2/c1-13-4-2-6-17(21)18(13)20(25)23-11-3-5-15(12-24)19(23)14-7-9-16(22)10-8-14/h2,4,6-10,12,15,19H,3,5,11,22H2,1H3/t15?,19-/m0/s1. The highest BCUT2D eigenvalue weighted by atomic mass is 19.1. The van der Waals surface area contributed by atoms with Gasteiger partial charge in [-0.25, -0.2) is 4.39 Å². The summed E-state index contributed by atoms with van der Waals surface area (Å²) in [5, 5.41) is 0. The van der Waals surface area contributed by atoms with E-state index < -0.39 is 11.9 Å². The zero-order valence-electron chi connectivity index (χ0n) is 14.1. The molecule has 2 N–H and O–H groups in total. The molecule has 1 aliphatic rings. The number of carbonyl (C=O) groups is 2. The molecule has 2 atom stereocenters. The number of benzene rings is 2. The van der Waals surface area contributed by atoms with Crippen LogP contribution in [0.3, 0.4) is 0 Å². The number of rotatable bonds is 3. The molecule has 1 aliphatic heterocycles. The van der Waals surface area contributed by atoms with Crippen LogP contribution in [-0.4, -0.2) is 23.6 Å². The van der Waals surface area contributed by atoms with Crippen molar-refractivity contribution in [1.29, 1.82) is 0 Å². The maximum Gasteiger partial charge on any atom is 0.257 e. The number of halogens is 1. The molecular weight excluding hydrogens is 319 g/mol. The Balaban J connectivity index is 2.03. The van der Waals surface area contributed by atoms with Gasteiger partial charge in [0.1, 0.15) is 12.1 Å². The van der Waals surface area contributed by atoms with Gasteiger partial charge in [0.05, 0.1) is 11.6 Å². The van der Waals surface area contributed by atoms with Gasteiger partial charge in [-0.3, -0.25) is 4.79 Å². The largest absolute Gasteiger partial charge is 0.399 e. The van der Waals surface area contributed by atoms with Crippen molar-refractivity contribution >= 4 is 17.9 Å². The Morgan fingerprint density at radius 2 is 1.96 bits per heavy atom. The summed E-state index contributed by atoms with van der Waals surface area (Å²) in [6.45, 7) is 2.21. The second kappa shape index (κ2) is 7.05. The number of aryl methyl sites for hydroxylation is 1. The molecule has 1 heterocycles. The lowest BCUT2D eigenvalue weighted by Gasteiger charge is -2.40. The predicted molar refractivity (Wildman–Crippen MR) is 94.6 cm³/mol. The Labute approximate surface area is 146 Å². The van der Waals surface area contributed by atoms with E-state index in [0.29, 0.717) is 30.6 Å². The fraction of sp³-hybridized carbons (Fsp3) is 0.300. The predicted octanol–water partition coefficient (Wildman–Crippen LogP) is 3.51. The minimum Gasteiger partial charge on any atom is -0.399 e. The molecule has 3 rings (SSSR count). The van der Waals surface area contributed by atoms with Crippen LogP contribution in [0, 0.1) is 18.7 Å². The van der Waals surface area contributed by atoms with E-state index in [4.69, 9.17) is 5.73 Å². The number of hydrogen-bond donors (Lipinski definition) is 1. The van der Waals surface area contributed by atoms with Crippen LogP contribution in [0.1, 0.15) is 40.4 Å². The average molecular weight is 340 g/mol. The van der Waals surface area contributed by atoms with E-state index in [1.807, 2.05) is 12.1 Å². The molecule has 0 spiro atoms. The third-order valence-corrected chi connectivity index (χ3v) is 4.83. The molecule has 0 aromatic heterocycles. The quantitative estimate of drug-likeness (QED) is 0.687. The molecule has 2 aromatic rings. The van der Waals surface area contributed by atoms with Crippen LogP contribution in [0.15, 0.2) is 42.5 Å². The fourth-order valence-corrected chi connectivity index (χ4v) is 3.56. The van der Waals surface area contributed by atoms with Gasteiger partial charge in [-0.2, -0.15) is 0 Å². The molecule has 0 saturated carbocycles. The van der Waals surface area contributed by atoms with Crippen molar-refractivity contribution in [2.45, 2.75) is 25.8 Å². The SMILES string of the molecule is Cc1cccc(F)c1C(=O)N1CCCC(C=O)[C@@H]1c1ccc(N)cc1. The smallest absolute Gasteiger partial charge is 0.257 e. The summed E-state index contributed by atoms with van der Waals surface area (Å²) in [7, 11) is 0. The van der Waals surface area contributed by atoms with Crippen LogP contribution in [0.25, 0.3) is 0 Å². The number of aldehydes is 1. The first-order valence-corrected chi connectivity index (χ1v) is 8.39. The van der Waals surface area contributed by atoms with Crippen molar-refractivity contribution in [3.8, 4) is 0 Å². The molecule has 0 radical (unpaired) electrons. The van der Waals surface area contributed by atoms with E-state index in [1.54, 1.807) is 36.1 Å². The topological polar surface area (TPSA) is 63.4 Å². The van der Waals surface area contributed by atoms with Crippen molar-refractivity contribution in [3.63, 3.8) is 0 Å². The second-order valence-electron chi connectivity index (χ2n) is 6.48. The zero-order chi connectivity index (χ0) is 18.0. The molecule has 1 unspecified atom stereocenters. The number of anilines is 1. The molecule has 0 aliphatic carbocycles. The third kappa shape index (κ3) is 3.27. The highest BCUT2D eigenvalue weighted by molar-refractivity contribution is 5.96. The molecule has 130 valence electrons. The Bertz CT molecular complexity index is 769. The normalized spacial score (nSPS) is 20.3. The summed E-state index contributed by atoms with van der Waals surface area (Å²) in [6, 6.07) is 11.4. The van der Waals surface area contributed by atoms with Crippen LogP contribution < -0.4 is 5.73 Å². The number of likely N-dealkylation sites (tertiary alicyclic amines) is 1. The van der Waals surface area contributed by atoms with Gasteiger partial charge >= 0.3 is 0 Å². The highest BCUT2D eigenvalue weighted by Gasteiger charge is 2.36. The maximum absolute atomic E-state index is 14.3. The number of carbonyl (C=O) groups excluding carboxylic acids is 2. The molecule has 1 amide bonds. The van der Waals surface area contributed by atoms with Crippen molar-refractivity contribution in [1.82, 2.24) is 4.90 Å². The van der Waals surface area contributed by atoms with E-state index in [1.165, 1.54) is 6.07 Å². The number of hydrogen-bond acceptors (Lipinski definition) is 3. The van der Waals surface area contributed by atoms with Crippen LogP contribution in [0.4, 0.5) is 10.1 Å². The molecule has 2 aromatic carbocycles. The first-order valence-electron chi connectivity index (χ1n) is 8.39. The van der Waals surface area contributed by atoms with E-state index in [2.05, 4.69) is 0 Å².